The number of nitrogens with zero attached hydrogens (tertiary/aromatic N) is 3. The van der Waals surface area contributed by atoms with Crippen LogP contribution in [0.15, 0.2) is 34.8 Å². The van der Waals surface area contributed by atoms with Crippen LogP contribution in [0.1, 0.15) is 5.56 Å². The number of hydrogen-bond acceptors (Lipinski definition) is 3. The van der Waals surface area contributed by atoms with Gasteiger partial charge in [-0.15, -0.1) is 5.11 Å². The average molecular weight is 317 g/mol. The molecule has 4 nitrogen and oxygen atoms in total. The second-order valence-corrected chi connectivity index (χ2v) is 3.71. The van der Waals surface area contributed by atoms with Gasteiger partial charge in [-0.1, -0.05) is 0 Å². The zero-order valence-electron chi connectivity index (χ0n) is 9.91. The van der Waals surface area contributed by atoms with Gasteiger partial charge in [0.25, 0.3) is 0 Å². The summed E-state index contributed by atoms with van der Waals surface area (Å²) >= 11 is 0. The molecule has 1 rings (SSSR count). The van der Waals surface area contributed by atoms with Gasteiger partial charge in [-0.05, 0) is 17.7 Å². The molecule has 11 heteroatoms. The highest BCUT2D eigenvalue weighted by Gasteiger charge is 2.76. The van der Waals surface area contributed by atoms with E-state index in [-0.39, 0.29) is 0 Å². The van der Waals surface area contributed by atoms with E-state index in [9.17, 15) is 35.5 Å². The number of rotatable bonds is 4. The quantitative estimate of drug-likeness (QED) is 0.631. The second-order valence-electron chi connectivity index (χ2n) is 3.71. The van der Waals surface area contributed by atoms with Crippen LogP contribution < -0.4 is 0 Å². The van der Waals surface area contributed by atoms with Gasteiger partial charge in [-0.25, -0.2) is 0 Å². The smallest absolute Gasteiger partial charge is 0.265 e. The molecule has 21 heavy (non-hydrogen) atoms. The van der Waals surface area contributed by atoms with E-state index in [1.165, 1.54) is 24.5 Å². The summed E-state index contributed by atoms with van der Waals surface area (Å²) in [5, 5.41) is 5.08. The number of amides is 1. The van der Waals surface area contributed by atoms with Gasteiger partial charge in [-0.2, -0.15) is 35.8 Å². The van der Waals surface area contributed by atoms with Crippen LogP contribution in [0.2, 0.25) is 0 Å². The lowest BCUT2D eigenvalue weighted by Gasteiger charge is -2.25. The number of aromatic nitrogens is 1. The first-order chi connectivity index (χ1) is 9.50. The average Bonchev–Trinajstić information content (AvgIpc) is 2.38. The van der Waals surface area contributed by atoms with Crippen LogP contribution in [0.5, 0.6) is 0 Å². The molecule has 0 radical (unpaired) electrons. The van der Waals surface area contributed by atoms with Gasteiger partial charge in [0.15, 0.2) is 0 Å². The molecule has 0 N–H and O–H groups in total. The van der Waals surface area contributed by atoms with Gasteiger partial charge in [0, 0.05) is 12.4 Å². The minimum Gasteiger partial charge on any atom is -0.265 e. The van der Waals surface area contributed by atoms with Crippen LogP contribution in [0.4, 0.5) is 30.7 Å². The third-order valence-corrected chi connectivity index (χ3v) is 2.18. The molecule has 0 saturated heterocycles. The maximum atomic E-state index is 12.8. The van der Waals surface area contributed by atoms with Gasteiger partial charge < -0.3 is 0 Å². The Kier molecular flexibility index (Phi) is 4.64. The number of alkyl halides is 7. The summed E-state index contributed by atoms with van der Waals surface area (Å²) in [5.74, 6) is -15.5. The molecule has 0 bridgehead atoms. The molecule has 0 aliphatic rings. The monoisotopic (exact) mass is 317 g/mol. The van der Waals surface area contributed by atoms with E-state index in [0.29, 0.717) is 5.56 Å². The lowest BCUT2D eigenvalue weighted by Crippen LogP contribution is -2.55. The molecule has 0 fully saturated rings. The van der Waals surface area contributed by atoms with Gasteiger partial charge in [0.1, 0.15) is 0 Å². The summed E-state index contributed by atoms with van der Waals surface area (Å²) < 4.78 is 86.1. The van der Waals surface area contributed by atoms with Crippen molar-refractivity contribution in [3.05, 3.63) is 30.1 Å². The zero-order valence-corrected chi connectivity index (χ0v) is 9.91. The Hall–Kier alpha value is -2.07. The molecule has 0 atom stereocenters. The molecule has 1 amide bonds. The molecule has 116 valence electrons. The van der Waals surface area contributed by atoms with Crippen molar-refractivity contribution in [3.8, 4) is 0 Å². The Morgan fingerprint density at radius 2 is 1.57 bits per heavy atom. The zero-order chi connectivity index (χ0) is 16.3. The number of azo groups is 1. The maximum absolute atomic E-state index is 12.8. The number of halogens is 7. The van der Waals surface area contributed by atoms with Crippen LogP contribution in [0.3, 0.4) is 0 Å². The van der Waals surface area contributed by atoms with E-state index in [1.807, 2.05) is 0 Å². The molecular weight excluding hydrogens is 311 g/mol. The summed E-state index contributed by atoms with van der Waals surface area (Å²) in [4.78, 5) is 14.3. The highest BCUT2D eigenvalue weighted by molar-refractivity contribution is 5.85. The number of carbonyl (C=O) groups excluding carboxylic acids is 1. The van der Waals surface area contributed by atoms with E-state index in [2.05, 4.69) is 15.2 Å². The van der Waals surface area contributed by atoms with Crippen molar-refractivity contribution in [2.24, 2.45) is 10.2 Å². The molecule has 1 aromatic heterocycles. The van der Waals surface area contributed by atoms with Gasteiger partial charge in [0.05, 0.1) is 6.54 Å². The fraction of sp³-hybridized carbons (Fsp3) is 0.400. The van der Waals surface area contributed by atoms with Crippen molar-refractivity contribution >= 4 is 5.91 Å². The van der Waals surface area contributed by atoms with Crippen LogP contribution in [0.25, 0.3) is 0 Å². The van der Waals surface area contributed by atoms with E-state index >= 15 is 0 Å². The minimum atomic E-state index is -6.59. The third-order valence-electron chi connectivity index (χ3n) is 2.18. The van der Waals surface area contributed by atoms with E-state index < -0.39 is 30.5 Å². The van der Waals surface area contributed by atoms with E-state index in [0.717, 1.165) is 0 Å². The summed E-state index contributed by atoms with van der Waals surface area (Å²) in [6.07, 6.45) is -4.01. The first-order valence-corrected chi connectivity index (χ1v) is 5.13. The van der Waals surface area contributed by atoms with Gasteiger partial charge in [-0.3, -0.25) is 9.78 Å². The summed E-state index contributed by atoms with van der Waals surface area (Å²) in [7, 11) is 0. The van der Waals surface area contributed by atoms with Crippen molar-refractivity contribution in [1.29, 1.82) is 0 Å². The Labute approximate surface area is 112 Å². The lowest BCUT2D eigenvalue weighted by atomic mass is 10.1. The van der Waals surface area contributed by atoms with Crippen molar-refractivity contribution < 1.29 is 35.5 Å². The lowest BCUT2D eigenvalue weighted by molar-refractivity contribution is -0.343. The highest BCUT2D eigenvalue weighted by atomic mass is 19.4. The molecular formula is C10H6F7N3O. The molecule has 0 unspecified atom stereocenters. The molecule has 0 aliphatic carbocycles. The largest absolute Gasteiger partial charge is 0.460 e. The normalized spacial score (nSPS) is 13.7. The Bertz CT molecular complexity index is 527. The topological polar surface area (TPSA) is 54.7 Å². The van der Waals surface area contributed by atoms with Crippen molar-refractivity contribution in [2.45, 2.75) is 24.6 Å². The SMILES string of the molecule is O=C(N=NCc1ccncc1)C(F)(F)C(F)(F)C(F)(F)F. The molecule has 0 aliphatic heterocycles. The van der Waals surface area contributed by atoms with Crippen LogP contribution in [-0.2, 0) is 11.3 Å². The fourth-order valence-corrected chi connectivity index (χ4v) is 1.04. The van der Waals surface area contributed by atoms with Gasteiger partial charge in [0.2, 0.25) is 0 Å². The summed E-state index contributed by atoms with van der Waals surface area (Å²) in [6, 6.07) is 2.71. The van der Waals surface area contributed by atoms with Crippen molar-refractivity contribution in [1.82, 2.24) is 4.98 Å². The second kappa shape index (κ2) is 5.74. The van der Waals surface area contributed by atoms with Crippen molar-refractivity contribution in [3.63, 3.8) is 0 Å². The maximum Gasteiger partial charge on any atom is 0.460 e. The molecule has 0 saturated carbocycles. The van der Waals surface area contributed by atoms with Crippen LogP contribution in [-0.4, -0.2) is 28.9 Å². The third kappa shape index (κ3) is 3.52. The highest BCUT2D eigenvalue weighted by Crippen LogP contribution is 2.47. The van der Waals surface area contributed by atoms with Crippen LogP contribution >= 0.6 is 0 Å². The Morgan fingerprint density at radius 1 is 1.05 bits per heavy atom. The Morgan fingerprint density at radius 3 is 2.05 bits per heavy atom. The molecule has 1 heterocycles. The molecule has 0 spiro atoms. The van der Waals surface area contributed by atoms with Gasteiger partial charge >= 0.3 is 23.9 Å². The van der Waals surface area contributed by atoms with Crippen molar-refractivity contribution in [2.75, 3.05) is 0 Å². The number of pyridine rings is 1. The predicted molar refractivity (Wildman–Crippen MR) is 53.8 cm³/mol. The standard InChI is InChI=1S/C10H6F7N3O/c11-8(12,9(13,14)10(15,16)17)7(21)20-19-5-6-1-3-18-4-2-6/h1-4H,5H2. The van der Waals surface area contributed by atoms with E-state index in [4.69, 9.17) is 0 Å². The van der Waals surface area contributed by atoms with Crippen LogP contribution in [0, 0.1) is 0 Å². The first-order valence-electron chi connectivity index (χ1n) is 5.13. The Balaban J connectivity index is 2.83. The molecule has 1 aromatic rings. The predicted octanol–water partition coefficient (Wildman–Crippen LogP) is 3.39. The van der Waals surface area contributed by atoms with E-state index in [1.54, 1.807) is 0 Å². The summed E-state index contributed by atoms with van der Waals surface area (Å²) in [5.41, 5.74) is 0.340. The minimum absolute atomic E-state index is 0.340. The number of hydrogen-bond donors (Lipinski definition) is 0. The summed E-state index contributed by atoms with van der Waals surface area (Å²) in [6.45, 7) is -0.456. The molecule has 0 aromatic carbocycles. The fourth-order valence-electron chi connectivity index (χ4n) is 1.04. The first kappa shape index (κ1) is 17.0. The number of carbonyl (C=O) groups is 1.